The number of aromatic nitrogens is 1. The number of rotatable bonds is 10. The van der Waals surface area contributed by atoms with Crippen LogP contribution in [0.15, 0.2) is 17.3 Å². The number of unbranched alkanes of at least 4 members (excludes halogenated alkanes) is 3. The standard InChI is InChI=1S/C18H31ClN4O2.HI/c1-5-20-18(21-11-9-7-6-8-10-17(24)25-4)23(3)14-16-12-15(19)13-22(16)2;/h12-13H,5-11,14H2,1-4H3,(H,20,21);1H. The third kappa shape index (κ3) is 9.66. The predicted octanol–water partition coefficient (Wildman–Crippen LogP) is 3.82. The molecule has 0 fully saturated rings. The average Bonchev–Trinajstić information content (AvgIpc) is 2.89. The van der Waals surface area contributed by atoms with E-state index in [4.69, 9.17) is 16.6 Å². The van der Waals surface area contributed by atoms with Gasteiger partial charge in [-0.2, -0.15) is 0 Å². The molecule has 0 unspecified atom stereocenters. The number of carbonyl (C=O) groups is 1. The first-order chi connectivity index (χ1) is 12.0. The Morgan fingerprint density at radius 1 is 1.35 bits per heavy atom. The molecule has 0 amide bonds. The highest BCUT2D eigenvalue weighted by atomic mass is 127. The summed E-state index contributed by atoms with van der Waals surface area (Å²) in [4.78, 5) is 17.8. The SMILES string of the molecule is CCNC(=NCCCCCCC(=O)OC)N(C)Cc1cc(Cl)cn1C.I. The van der Waals surface area contributed by atoms with Crippen molar-refractivity contribution in [2.45, 2.75) is 45.6 Å². The minimum Gasteiger partial charge on any atom is -0.469 e. The summed E-state index contributed by atoms with van der Waals surface area (Å²) in [6, 6.07) is 1.98. The Morgan fingerprint density at radius 2 is 2.04 bits per heavy atom. The molecule has 1 N–H and O–H groups in total. The van der Waals surface area contributed by atoms with E-state index in [1.807, 2.05) is 30.9 Å². The van der Waals surface area contributed by atoms with Gasteiger partial charge >= 0.3 is 5.97 Å². The molecule has 0 bridgehead atoms. The maximum atomic E-state index is 11.0. The summed E-state index contributed by atoms with van der Waals surface area (Å²) < 4.78 is 6.67. The van der Waals surface area contributed by atoms with Gasteiger partial charge in [-0.15, -0.1) is 24.0 Å². The van der Waals surface area contributed by atoms with Crippen LogP contribution in [0.4, 0.5) is 0 Å². The highest BCUT2D eigenvalue weighted by molar-refractivity contribution is 14.0. The Balaban J connectivity index is 0.00000625. The second kappa shape index (κ2) is 14.1. The quantitative estimate of drug-likeness (QED) is 0.175. The van der Waals surface area contributed by atoms with E-state index in [-0.39, 0.29) is 29.9 Å². The van der Waals surface area contributed by atoms with Gasteiger partial charge in [0.25, 0.3) is 0 Å². The van der Waals surface area contributed by atoms with Crippen LogP contribution >= 0.6 is 35.6 Å². The van der Waals surface area contributed by atoms with Crippen LogP contribution in [-0.4, -0.2) is 48.6 Å². The molecule has 150 valence electrons. The van der Waals surface area contributed by atoms with E-state index in [0.29, 0.717) is 6.42 Å². The number of nitrogens with zero attached hydrogens (tertiary/aromatic N) is 3. The topological polar surface area (TPSA) is 58.9 Å². The minimum absolute atomic E-state index is 0. The fourth-order valence-corrected chi connectivity index (χ4v) is 2.80. The van der Waals surface area contributed by atoms with Crippen LogP contribution in [0.1, 0.15) is 44.7 Å². The van der Waals surface area contributed by atoms with Gasteiger partial charge in [0.1, 0.15) is 0 Å². The van der Waals surface area contributed by atoms with Crippen molar-refractivity contribution in [1.82, 2.24) is 14.8 Å². The summed E-state index contributed by atoms with van der Waals surface area (Å²) in [5, 5.41) is 4.08. The zero-order valence-electron chi connectivity index (χ0n) is 16.3. The number of methoxy groups -OCH3 is 1. The largest absolute Gasteiger partial charge is 0.469 e. The number of hydrogen-bond donors (Lipinski definition) is 1. The average molecular weight is 499 g/mol. The predicted molar refractivity (Wildman–Crippen MR) is 118 cm³/mol. The van der Waals surface area contributed by atoms with E-state index in [9.17, 15) is 4.79 Å². The van der Waals surface area contributed by atoms with Crippen LogP contribution in [0, 0.1) is 0 Å². The summed E-state index contributed by atoms with van der Waals surface area (Å²) in [6.45, 7) is 4.42. The molecule has 8 heteroatoms. The lowest BCUT2D eigenvalue weighted by molar-refractivity contribution is -0.140. The summed E-state index contributed by atoms with van der Waals surface area (Å²) in [5.41, 5.74) is 1.14. The van der Waals surface area contributed by atoms with Crippen LogP contribution in [0.25, 0.3) is 0 Å². The molecular formula is C18H32ClIN4O2. The molecule has 0 atom stereocenters. The maximum Gasteiger partial charge on any atom is 0.305 e. The third-order valence-corrected chi connectivity index (χ3v) is 4.16. The number of esters is 1. The van der Waals surface area contributed by atoms with Crippen LogP contribution < -0.4 is 5.32 Å². The maximum absolute atomic E-state index is 11.0. The van der Waals surface area contributed by atoms with Crippen molar-refractivity contribution in [1.29, 1.82) is 0 Å². The third-order valence-electron chi connectivity index (χ3n) is 3.95. The Kier molecular flexibility index (Phi) is 13.6. The van der Waals surface area contributed by atoms with Gasteiger partial charge in [-0.05, 0) is 25.8 Å². The van der Waals surface area contributed by atoms with Crippen LogP contribution in [-0.2, 0) is 23.1 Å². The van der Waals surface area contributed by atoms with Crippen molar-refractivity contribution in [2.24, 2.45) is 12.0 Å². The Hall–Kier alpha value is -0.960. The summed E-state index contributed by atoms with van der Waals surface area (Å²) in [7, 11) is 5.45. The molecule has 6 nitrogen and oxygen atoms in total. The summed E-state index contributed by atoms with van der Waals surface area (Å²) in [5.74, 6) is 0.768. The fraction of sp³-hybridized carbons (Fsp3) is 0.667. The first-order valence-electron chi connectivity index (χ1n) is 8.85. The molecule has 1 heterocycles. The van der Waals surface area contributed by atoms with Gasteiger partial charge in [0.15, 0.2) is 5.96 Å². The number of hydrogen-bond acceptors (Lipinski definition) is 3. The molecule has 1 rings (SSSR count). The molecule has 0 aliphatic rings. The smallest absolute Gasteiger partial charge is 0.305 e. The fourth-order valence-electron chi connectivity index (χ4n) is 2.53. The number of halogens is 2. The lowest BCUT2D eigenvalue weighted by atomic mass is 10.1. The number of aryl methyl sites for hydroxylation is 1. The number of aliphatic imine (C=N–C) groups is 1. The van der Waals surface area contributed by atoms with E-state index < -0.39 is 0 Å². The molecule has 0 aliphatic carbocycles. The zero-order valence-corrected chi connectivity index (χ0v) is 19.3. The lowest BCUT2D eigenvalue weighted by Crippen LogP contribution is -2.38. The zero-order chi connectivity index (χ0) is 18.7. The molecular weight excluding hydrogens is 467 g/mol. The molecule has 1 aromatic heterocycles. The highest BCUT2D eigenvalue weighted by Gasteiger charge is 2.09. The van der Waals surface area contributed by atoms with Crippen LogP contribution in [0.3, 0.4) is 0 Å². The van der Waals surface area contributed by atoms with E-state index >= 15 is 0 Å². The highest BCUT2D eigenvalue weighted by Crippen LogP contribution is 2.14. The van der Waals surface area contributed by atoms with Gasteiger partial charge in [0, 0.05) is 45.5 Å². The normalized spacial score (nSPS) is 11.0. The number of carbonyl (C=O) groups excluding carboxylic acids is 1. The van der Waals surface area contributed by atoms with Gasteiger partial charge in [0.2, 0.25) is 0 Å². The van der Waals surface area contributed by atoms with E-state index in [2.05, 4.69) is 21.9 Å². The van der Waals surface area contributed by atoms with Gasteiger partial charge in [-0.25, -0.2) is 0 Å². The second-order valence-corrected chi connectivity index (χ2v) is 6.53. The van der Waals surface area contributed by atoms with Crippen LogP contribution in [0.5, 0.6) is 0 Å². The molecule has 0 saturated carbocycles. The van der Waals surface area contributed by atoms with E-state index in [1.165, 1.54) is 7.11 Å². The molecule has 0 radical (unpaired) electrons. The lowest BCUT2D eigenvalue weighted by Gasteiger charge is -2.22. The second-order valence-electron chi connectivity index (χ2n) is 6.09. The van der Waals surface area contributed by atoms with E-state index in [1.54, 1.807) is 0 Å². The molecule has 0 saturated heterocycles. The van der Waals surface area contributed by atoms with Crippen LogP contribution in [0.2, 0.25) is 5.02 Å². The number of nitrogens with one attached hydrogen (secondary N) is 1. The Bertz CT molecular complexity index is 563. The first kappa shape index (κ1) is 25.0. The Labute approximate surface area is 179 Å². The van der Waals surface area contributed by atoms with Gasteiger partial charge in [-0.3, -0.25) is 9.79 Å². The van der Waals surface area contributed by atoms with Gasteiger partial charge in [-0.1, -0.05) is 24.4 Å². The molecule has 26 heavy (non-hydrogen) atoms. The van der Waals surface area contributed by atoms with E-state index in [0.717, 1.165) is 62.0 Å². The Morgan fingerprint density at radius 3 is 2.62 bits per heavy atom. The van der Waals surface area contributed by atoms with Crippen molar-refractivity contribution < 1.29 is 9.53 Å². The summed E-state index contributed by atoms with van der Waals surface area (Å²) in [6.07, 6.45) is 6.40. The van der Waals surface area contributed by atoms with Crippen molar-refractivity contribution in [2.75, 3.05) is 27.2 Å². The first-order valence-corrected chi connectivity index (χ1v) is 9.22. The van der Waals surface area contributed by atoms with Crippen molar-refractivity contribution in [3.63, 3.8) is 0 Å². The minimum atomic E-state index is -0.130. The molecule has 0 spiro atoms. The molecule has 0 aliphatic heterocycles. The monoisotopic (exact) mass is 498 g/mol. The molecule has 0 aromatic carbocycles. The van der Waals surface area contributed by atoms with Gasteiger partial charge < -0.3 is 19.5 Å². The van der Waals surface area contributed by atoms with Gasteiger partial charge in [0.05, 0.1) is 18.7 Å². The number of ether oxygens (including phenoxy) is 1. The van der Waals surface area contributed by atoms with Crippen molar-refractivity contribution in [3.05, 3.63) is 23.0 Å². The van der Waals surface area contributed by atoms with Crippen molar-refractivity contribution in [3.8, 4) is 0 Å². The summed E-state index contributed by atoms with van der Waals surface area (Å²) >= 11 is 6.05. The number of guanidine groups is 1. The van der Waals surface area contributed by atoms with Crippen molar-refractivity contribution >= 4 is 47.5 Å². The molecule has 1 aromatic rings.